The van der Waals surface area contributed by atoms with Crippen LogP contribution in [0.4, 0.5) is 5.69 Å². The van der Waals surface area contributed by atoms with Crippen LogP contribution in [0.15, 0.2) is 29.2 Å². The lowest BCUT2D eigenvalue weighted by molar-refractivity contribution is -0.384. The van der Waals surface area contributed by atoms with E-state index < -0.39 is 4.92 Å². The van der Waals surface area contributed by atoms with E-state index in [0.717, 1.165) is 30.8 Å². The first kappa shape index (κ1) is 19.7. The average Bonchev–Trinajstić information content (AvgIpc) is 2.53. The number of halogens is 1. The number of hydrogen-bond donors (Lipinski definition) is 1. The molecule has 1 aromatic rings. The first-order chi connectivity index (χ1) is 10.5. The van der Waals surface area contributed by atoms with Crippen LogP contribution in [-0.4, -0.2) is 40.6 Å². The fraction of sp³-hybridized carbons (Fsp3) is 0.533. The summed E-state index contributed by atoms with van der Waals surface area (Å²) in [7, 11) is 0. The number of nitro groups is 1. The van der Waals surface area contributed by atoms with Crippen LogP contribution < -0.4 is 5.73 Å². The van der Waals surface area contributed by atoms with Crippen LogP contribution in [0, 0.1) is 16.0 Å². The Balaban J connectivity index is 0.00000264. The Morgan fingerprint density at radius 3 is 2.43 bits per heavy atom. The Morgan fingerprint density at radius 2 is 1.96 bits per heavy atom. The molecule has 1 aliphatic rings. The summed E-state index contributed by atoms with van der Waals surface area (Å²) in [5.74, 6) is 0.985. The Bertz CT molecular complexity index is 531. The minimum absolute atomic E-state index is 0. The van der Waals surface area contributed by atoms with Gasteiger partial charge in [-0.25, -0.2) is 0 Å². The lowest BCUT2D eigenvalue weighted by Crippen LogP contribution is -2.43. The number of nitro benzene ring substituents is 1. The standard InChI is InChI=1S/C15H21N3O3S.ClH/c1-11(16)12-6-8-17(9-7-12)15(19)10-22-14-4-2-13(3-5-14)18(20)21;/h2-5,11-12H,6-10,16H2,1H3;1H. The second-order valence-corrected chi connectivity index (χ2v) is 6.67. The fourth-order valence-corrected chi connectivity index (χ4v) is 3.38. The van der Waals surface area contributed by atoms with Gasteiger partial charge in [0.1, 0.15) is 0 Å². The summed E-state index contributed by atoms with van der Waals surface area (Å²) in [6, 6.07) is 6.46. The average molecular weight is 360 g/mol. The molecule has 0 bridgehead atoms. The molecule has 0 aliphatic carbocycles. The van der Waals surface area contributed by atoms with Gasteiger partial charge < -0.3 is 10.6 Å². The van der Waals surface area contributed by atoms with Crippen molar-refractivity contribution in [3.05, 3.63) is 34.4 Å². The van der Waals surface area contributed by atoms with E-state index in [0.29, 0.717) is 11.7 Å². The molecule has 1 amide bonds. The SMILES string of the molecule is CC(N)C1CCN(C(=O)CSc2ccc([N+](=O)[O-])cc2)CC1.Cl. The number of carbonyl (C=O) groups excluding carboxylic acids is 1. The zero-order valence-electron chi connectivity index (χ0n) is 13.0. The number of piperidine rings is 1. The van der Waals surface area contributed by atoms with E-state index in [1.165, 1.54) is 23.9 Å². The maximum absolute atomic E-state index is 12.2. The van der Waals surface area contributed by atoms with Gasteiger partial charge in [0.15, 0.2) is 0 Å². The number of benzene rings is 1. The summed E-state index contributed by atoms with van der Waals surface area (Å²) < 4.78 is 0. The van der Waals surface area contributed by atoms with Gasteiger partial charge in [-0.3, -0.25) is 14.9 Å². The number of likely N-dealkylation sites (tertiary alicyclic amines) is 1. The molecular formula is C15H22ClN3O3S. The molecule has 0 saturated carbocycles. The van der Waals surface area contributed by atoms with E-state index in [4.69, 9.17) is 5.73 Å². The van der Waals surface area contributed by atoms with Crippen LogP contribution in [-0.2, 0) is 4.79 Å². The van der Waals surface area contributed by atoms with Gasteiger partial charge >= 0.3 is 0 Å². The number of hydrogen-bond acceptors (Lipinski definition) is 5. The third-order valence-corrected chi connectivity index (χ3v) is 5.04. The molecule has 0 radical (unpaired) electrons. The van der Waals surface area contributed by atoms with Crippen molar-refractivity contribution in [2.45, 2.75) is 30.7 Å². The number of non-ortho nitro benzene ring substituents is 1. The summed E-state index contributed by atoms with van der Waals surface area (Å²) in [4.78, 5) is 25.1. The van der Waals surface area contributed by atoms with Gasteiger partial charge in [0, 0.05) is 36.2 Å². The molecule has 1 aliphatic heterocycles. The molecule has 1 heterocycles. The highest BCUT2D eigenvalue weighted by atomic mass is 35.5. The molecule has 2 N–H and O–H groups in total. The van der Waals surface area contributed by atoms with Crippen molar-refractivity contribution in [2.75, 3.05) is 18.8 Å². The van der Waals surface area contributed by atoms with Gasteiger partial charge in [-0.1, -0.05) is 0 Å². The zero-order chi connectivity index (χ0) is 16.1. The second-order valence-electron chi connectivity index (χ2n) is 5.62. The van der Waals surface area contributed by atoms with Crippen molar-refractivity contribution >= 4 is 35.8 Å². The van der Waals surface area contributed by atoms with Crippen molar-refractivity contribution in [3.63, 3.8) is 0 Å². The monoisotopic (exact) mass is 359 g/mol. The molecule has 0 spiro atoms. The number of rotatable bonds is 5. The molecule has 1 atom stereocenters. The predicted molar refractivity (Wildman–Crippen MR) is 94.0 cm³/mol. The van der Waals surface area contributed by atoms with Gasteiger partial charge in [-0.2, -0.15) is 0 Å². The Kier molecular flexibility index (Phi) is 7.81. The van der Waals surface area contributed by atoms with E-state index >= 15 is 0 Å². The van der Waals surface area contributed by atoms with E-state index in [1.807, 2.05) is 11.8 Å². The molecule has 1 saturated heterocycles. The minimum Gasteiger partial charge on any atom is -0.342 e. The van der Waals surface area contributed by atoms with Crippen molar-refractivity contribution in [3.8, 4) is 0 Å². The third-order valence-electron chi connectivity index (χ3n) is 4.05. The van der Waals surface area contributed by atoms with Gasteiger partial charge in [0.25, 0.3) is 5.69 Å². The van der Waals surface area contributed by atoms with Gasteiger partial charge in [0.05, 0.1) is 10.7 Å². The number of carbonyl (C=O) groups is 1. The maximum Gasteiger partial charge on any atom is 0.269 e. The quantitative estimate of drug-likeness (QED) is 0.496. The molecule has 1 fully saturated rings. The second kappa shape index (κ2) is 9.10. The molecule has 2 rings (SSSR count). The lowest BCUT2D eigenvalue weighted by atomic mass is 9.91. The third kappa shape index (κ3) is 5.67. The fourth-order valence-electron chi connectivity index (χ4n) is 2.58. The van der Waals surface area contributed by atoms with Gasteiger partial charge in [-0.15, -0.1) is 24.2 Å². The normalized spacial score (nSPS) is 16.5. The topological polar surface area (TPSA) is 89.5 Å². The first-order valence-corrected chi connectivity index (χ1v) is 8.36. The van der Waals surface area contributed by atoms with Crippen LogP contribution in [0.5, 0.6) is 0 Å². The summed E-state index contributed by atoms with van der Waals surface area (Å²) in [6.07, 6.45) is 1.93. The van der Waals surface area contributed by atoms with E-state index in [-0.39, 0.29) is 30.0 Å². The number of amides is 1. The number of thioether (sulfide) groups is 1. The van der Waals surface area contributed by atoms with Crippen molar-refractivity contribution in [1.29, 1.82) is 0 Å². The molecule has 8 heteroatoms. The molecule has 23 heavy (non-hydrogen) atoms. The van der Waals surface area contributed by atoms with Crippen LogP contribution in [0.25, 0.3) is 0 Å². The lowest BCUT2D eigenvalue weighted by Gasteiger charge is -2.33. The van der Waals surface area contributed by atoms with E-state index in [1.54, 1.807) is 12.1 Å². The summed E-state index contributed by atoms with van der Waals surface area (Å²) >= 11 is 1.41. The van der Waals surface area contributed by atoms with Gasteiger partial charge in [-0.05, 0) is 37.8 Å². The Hall–Kier alpha value is -1.31. The van der Waals surface area contributed by atoms with Crippen molar-refractivity contribution in [1.82, 2.24) is 4.90 Å². The van der Waals surface area contributed by atoms with Crippen LogP contribution in [0.3, 0.4) is 0 Å². The summed E-state index contributed by atoms with van der Waals surface area (Å²) in [5, 5.41) is 10.6. The zero-order valence-corrected chi connectivity index (χ0v) is 14.6. The molecule has 128 valence electrons. The summed E-state index contributed by atoms with van der Waals surface area (Å²) in [5.41, 5.74) is 5.96. The summed E-state index contributed by atoms with van der Waals surface area (Å²) in [6.45, 7) is 3.56. The van der Waals surface area contributed by atoms with Crippen LogP contribution in [0.2, 0.25) is 0 Å². The smallest absolute Gasteiger partial charge is 0.269 e. The number of nitrogens with two attached hydrogens (primary N) is 1. The molecule has 1 aromatic carbocycles. The number of nitrogens with zero attached hydrogens (tertiary/aromatic N) is 2. The minimum atomic E-state index is -0.428. The molecule has 6 nitrogen and oxygen atoms in total. The molecule has 1 unspecified atom stereocenters. The largest absolute Gasteiger partial charge is 0.342 e. The molecular weight excluding hydrogens is 338 g/mol. The Labute approximate surface area is 146 Å². The van der Waals surface area contributed by atoms with Crippen molar-refractivity contribution in [2.24, 2.45) is 11.7 Å². The first-order valence-electron chi connectivity index (χ1n) is 7.38. The maximum atomic E-state index is 12.2. The Morgan fingerprint density at radius 1 is 1.39 bits per heavy atom. The highest BCUT2D eigenvalue weighted by Crippen LogP contribution is 2.24. The van der Waals surface area contributed by atoms with Crippen LogP contribution >= 0.6 is 24.2 Å². The highest BCUT2D eigenvalue weighted by Gasteiger charge is 2.24. The molecule has 0 aromatic heterocycles. The van der Waals surface area contributed by atoms with E-state index in [9.17, 15) is 14.9 Å². The van der Waals surface area contributed by atoms with Crippen LogP contribution in [0.1, 0.15) is 19.8 Å². The van der Waals surface area contributed by atoms with E-state index in [2.05, 4.69) is 0 Å². The van der Waals surface area contributed by atoms with Crippen molar-refractivity contribution < 1.29 is 9.72 Å². The van der Waals surface area contributed by atoms with Gasteiger partial charge in [0.2, 0.25) is 5.91 Å². The predicted octanol–water partition coefficient (Wildman–Crippen LogP) is 2.69. The highest BCUT2D eigenvalue weighted by molar-refractivity contribution is 8.00.